The predicted octanol–water partition coefficient (Wildman–Crippen LogP) is 2.14. The third-order valence-electron chi connectivity index (χ3n) is 4.55. The first-order valence-corrected chi connectivity index (χ1v) is 6.61. The second-order valence-electron chi connectivity index (χ2n) is 5.97. The highest BCUT2D eigenvalue weighted by Gasteiger charge is 2.40. The van der Waals surface area contributed by atoms with Crippen LogP contribution in [-0.2, 0) is 0 Å². The minimum absolute atomic E-state index is 0.250. The highest BCUT2D eigenvalue weighted by Crippen LogP contribution is 2.37. The molecular formula is C13H26N2. The van der Waals surface area contributed by atoms with Gasteiger partial charge >= 0.3 is 0 Å². The van der Waals surface area contributed by atoms with Crippen molar-refractivity contribution in [3.63, 3.8) is 0 Å². The van der Waals surface area contributed by atoms with Gasteiger partial charge < -0.3 is 11.1 Å². The van der Waals surface area contributed by atoms with Crippen LogP contribution in [0.25, 0.3) is 0 Å². The lowest BCUT2D eigenvalue weighted by Crippen LogP contribution is -2.59. The maximum atomic E-state index is 6.04. The summed E-state index contributed by atoms with van der Waals surface area (Å²) in [5, 5.41) is 3.80. The van der Waals surface area contributed by atoms with E-state index in [1.54, 1.807) is 0 Å². The van der Waals surface area contributed by atoms with Gasteiger partial charge in [-0.2, -0.15) is 0 Å². The van der Waals surface area contributed by atoms with Crippen molar-refractivity contribution in [2.45, 2.75) is 51.5 Å². The summed E-state index contributed by atoms with van der Waals surface area (Å²) in [5.74, 6) is 2.55. The lowest BCUT2D eigenvalue weighted by Gasteiger charge is -2.45. The van der Waals surface area contributed by atoms with Crippen molar-refractivity contribution >= 4 is 0 Å². The van der Waals surface area contributed by atoms with E-state index in [0.29, 0.717) is 0 Å². The van der Waals surface area contributed by atoms with Crippen molar-refractivity contribution in [2.75, 3.05) is 13.1 Å². The molecule has 2 fully saturated rings. The number of hydrogen-bond donors (Lipinski definition) is 2. The van der Waals surface area contributed by atoms with Gasteiger partial charge in [0.25, 0.3) is 0 Å². The van der Waals surface area contributed by atoms with E-state index in [-0.39, 0.29) is 5.54 Å². The summed E-state index contributed by atoms with van der Waals surface area (Å²) < 4.78 is 0. The molecule has 0 aromatic heterocycles. The molecule has 3 N–H and O–H groups in total. The maximum absolute atomic E-state index is 6.04. The lowest BCUT2D eigenvalue weighted by atomic mass is 9.69. The fourth-order valence-electron chi connectivity index (χ4n) is 3.01. The van der Waals surface area contributed by atoms with Gasteiger partial charge in [0, 0.05) is 12.1 Å². The molecule has 0 amide bonds. The second kappa shape index (κ2) is 4.42. The van der Waals surface area contributed by atoms with Gasteiger partial charge in [-0.1, -0.05) is 20.3 Å². The van der Waals surface area contributed by atoms with E-state index in [9.17, 15) is 0 Å². The molecule has 2 aliphatic carbocycles. The quantitative estimate of drug-likeness (QED) is 0.746. The van der Waals surface area contributed by atoms with Crippen LogP contribution in [-0.4, -0.2) is 18.6 Å². The van der Waals surface area contributed by atoms with E-state index >= 15 is 0 Å². The van der Waals surface area contributed by atoms with Crippen molar-refractivity contribution < 1.29 is 0 Å². The zero-order chi connectivity index (χ0) is 10.9. The Kier molecular flexibility index (Phi) is 3.36. The first-order chi connectivity index (χ1) is 7.16. The molecule has 88 valence electrons. The van der Waals surface area contributed by atoms with Crippen molar-refractivity contribution in [3.05, 3.63) is 0 Å². The number of hydrogen-bond acceptors (Lipinski definition) is 2. The molecular weight excluding hydrogens is 184 g/mol. The van der Waals surface area contributed by atoms with Gasteiger partial charge in [-0.3, -0.25) is 0 Å². The van der Waals surface area contributed by atoms with Crippen LogP contribution >= 0.6 is 0 Å². The van der Waals surface area contributed by atoms with Gasteiger partial charge in [-0.15, -0.1) is 0 Å². The van der Waals surface area contributed by atoms with Gasteiger partial charge in [0.15, 0.2) is 0 Å². The number of rotatable bonds is 4. The van der Waals surface area contributed by atoms with Crippen LogP contribution in [0.3, 0.4) is 0 Å². The van der Waals surface area contributed by atoms with E-state index in [1.165, 1.54) is 38.6 Å². The molecule has 0 saturated heterocycles. The van der Waals surface area contributed by atoms with E-state index < -0.39 is 0 Å². The molecule has 2 saturated carbocycles. The van der Waals surface area contributed by atoms with E-state index in [0.717, 1.165) is 24.3 Å². The van der Waals surface area contributed by atoms with Crippen LogP contribution < -0.4 is 11.1 Å². The minimum atomic E-state index is 0.250. The molecule has 2 aliphatic rings. The summed E-state index contributed by atoms with van der Waals surface area (Å²) in [6.07, 6.45) is 6.86. The average Bonchev–Trinajstić information content (AvgIpc) is 3.03. The molecule has 3 unspecified atom stereocenters. The standard InChI is InChI=1S/C13H26N2/c1-10-3-4-11(2)13(7-10,9-14)15-8-12-5-6-12/h10-12,15H,3-9,14H2,1-2H3. The fraction of sp³-hybridized carbons (Fsp3) is 1.00. The first-order valence-electron chi connectivity index (χ1n) is 6.61. The molecule has 15 heavy (non-hydrogen) atoms. The van der Waals surface area contributed by atoms with Crippen LogP contribution in [0.1, 0.15) is 46.0 Å². The molecule has 2 rings (SSSR count). The molecule has 0 spiro atoms. The minimum Gasteiger partial charge on any atom is -0.329 e. The molecule has 0 bridgehead atoms. The van der Waals surface area contributed by atoms with Gasteiger partial charge in [0.05, 0.1) is 0 Å². The van der Waals surface area contributed by atoms with E-state index in [1.807, 2.05) is 0 Å². The second-order valence-corrected chi connectivity index (χ2v) is 5.97. The number of nitrogens with two attached hydrogens (primary N) is 1. The van der Waals surface area contributed by atoms with Crippen LogP contribution in [0.15, 0.2) is 0 Å². The fourth-order valence-corrected chi connectivity index (χ4v) is 3.01. The zero-order valence-corrected chi connectivity index (χ0v) is 10.3. The highest BCUT2D eigenvalue weighted by molar-refractivity contribution is 4.99. The Bertz CT molecular complexity index is 213. The van der Waals surface area contributed by atoms with Crippen molar-refractivity contribution in [3.8, 4) is 0 Å². The Hall–Kier alpha value is -0.0800. The Morgan fingerprint density at radius 1 is 1.20 bits per heavy atom. The largest absolute Gasteiger partial charge is 0.329 e. The third-order valence-corrected chi connectivity index (χ3v) is 4.55. The lowest BCUT2D eigenvalue weighted by molar-refractivity contribution is 0.125. The Labute approximate surface area is 94.0 Å². The van der Waals surface area contributed by atoms with Gasteiger partial charge in [0.2, 0.25) is 0 Å². The summed E-state index contributed by atoms with van der Waals surface area (Å²) in [4.78, 5) is 0. The van der Waals surface area contributed by atoms with Crippen molar-refractivity contribution in [1.29, 1.82) is 0 Å². The number of nitrogens with one attached hydrogen (secondary N) is 1. The molecule has 0 radical (unpaired) electrons. The molecule has 0 aromatic rings. The van der Waals surface area contributed by atoms with Crippen LogP contribution in [0.2, 0.25) is 0 Å². The molecule has 2 nitrogen and oxygen atoms in total. The van der Waals surface area contributed by atoms with E-state index in [2.05, 4.69) is 19.2 Å². The van der Waals surface area contributed by atoms with E-state index in [4.69, 9.17) is 5.73 Å². The monoisotopic (exact) mass is 210 g/mol. The Morgan fingerprint density at radius 3 is 2.53 bits per heavy atom. The van der Waals surface area contributed by atoms with Crippen LogP contribution in [0, 0.1) is 17.8 Å². The summed E-state index contributed by atoms with van der Waals surface area (Å²) in [7, 11) is 0. The summed E-state index contributed by atoms with van der Waals surface area (Å²) in [5.41, 5.74) is 6.29. The van der Waals surface area contributed by atoms with Gasteiger partial charge in [-0.05, 0) is 50.0 Å². The molecule has 3 atom stereocenters. The summed E-state index contributed by atoms with van der Waals surface area (Å²) >= 11 is 0. The Balaban J connectivity index is 1.95. The first kappa shape index (κ1) is 11.4. The predicted molar refractivity (Wildman–Crippen MR) is 64.7 cm³/mol. The molecule has 0 aliphatic heterocycles. The molecule has 2 heteroatoms. The van der Waals surface area contributed by atoms with Crippen molar-refractivity contribution in [1.82, 2.24) is 5.32 Å². The summed E-state index contributed by atoms with van der Waals surface area (Å²) in [6.45, 7) is 6.76. The van der Waals surface area contributed by atoms with Gasteiger partial charge in [-0.25, -0.2) is 0 Å². The zero-order valence-electron chi connectivity index (χ0n) is 10.3. The topological polar surface area (TPSA) is 38.0 Å². The Morgan fingerprint density at radius 2 is 1.93 bits per heavy atom. The molecule has 0 aromatic carbocycles. The van der Waals surface area contributed by atoms with Crippen LogP contribution in [0.4, 0.5) is 0 Å². The highest BCUT2D eigenvalue weighted by atomic mass is 15.0. The van der Waals surface area contributed by atoms with Crippen molar-refractivity contribution in [2.24, 2.45) is 23.5 Å². The SMILES string of the molecule is CC1CCC(C)C(CN)(NCC2CC2)C1. The van der Waals surface area contributed by atoms with Crippen LogP contribution in [0.5, 0.6) is 0 Å². The average molecular weight is 210 g/mol. The molecule has 0 heterocycles. The normalized spacial score (nSPS) is 41.8. The van der Waals surface area contributed by atoms with Gasteiger partial charge in [0.1, 0.15) is 0 Å². The maximum Gasteiger partial charge on any atom is 0.0332 e. The smallest absolute Gasteiger partial charge is 0.0332 e. The third kappa shape index (κ3) is 2.54. The summed E-state index contributed by atoms with van der Waals surface area (Å²) in [6, 6.07) is 0.